The van der Waals surface area contributed by atoms with E-state index in [9.17, 15) is 35.1 Å². The van der Waals surface area contributed by atoms with Crippen LogP contribution in [0, 0.1) is 0 Å². The summed E-state index contributed by atoms with van der Waals surface area (Å²) in [5.41, 5.74) is 0. The Bertz CT molecular complexity index is 593. The quantitative estimate of drug-likeness (QED) is 0.0793. The number of aliphatic hydroxyl groups is 6. The van der Waals surface area contributed by atoms with E-state index < -0.39 is 55.0 Å². The number of hydrogen-bond donors (Lipinski definition) is 8. The summed E-state index contributed by atoms with van der Waals surface area (Å²) in [5.74, 6) is -1.84. The molecule has 0 aliphatic rings. The normalized spacial score (nSPS) is 16.3. The smallest absolute Gasteiger partial charge is 0.252 e. The van der Waals surface area contributed by atoms with E-state index in [0.29, 0.717) is 6.54 Å². The summed E-state index contributed by atoms with van der Waals surface area (Å²) in [4.78, 5) is 24.6. The van der Waals surface area contributed by atoms with Crippen molar-refractivity contribution < 1.29 is 40.2 Å². The maximum absolute atomic E-state index is 12.4. The third kappa shape index (κ3) is 17.3. The van der Waals surface area contributed by atoms with Crippen molar-refractivity contribution in [3.05, 3.63) is 0 Å². The Labute approximate surface area is 229 Å². The molecule has 226 valence electrons. The van der Waals surface area contributed by atoms with Gasteiger partial charge in [0.15, 0.2) is 6.10 Å². The molecule has 0 aliphatic carbocycles. The topological polar surface area (TPSA) is 180 Å². The fourth-order valence-electron chi connectivity index (χ4n) is 4.32. The van der Waals surface area contributed by atoms with Gasteiger partial charge in [-0.25, -0.2) is 0 Å². The van der Waals surface area contributed by atoms with Gasteiger partial charge in [-0.1, -0.05) is 103 Å². The van der Waals surface area contributed by atoms with Gasteiger partial charge in [0.25, 0.3) is 5.91 Å². The number of aliphatic hydroxyl groups excluding tert-OH is 6. The Morgan fingerprint density at radius 2 is 1.05 bits per heavy atom. The van der Waals surface area contributed by atoms with Crippen molar-refractivity contribution in [2.45, 2.75) is 153 Å². The van der Waals surface area contributed by atoms with Gasteiger partial charge in [-0.3, -0.25) is 9.59 Å². The number of amides is 2. The van der Waals surface area contributed by atoms with Gasteiger partial charge in [-0.2, -0.15) is 0 Å². The van der Waals surface area contributed by atoms with Crippen molar-refractivity contribution in [2.24, 2.45) is 0 Å². The van der Waals surface area contributed by atoms with Crippen LogP contribution in [0.15, 0.2) is 0 Å². The molecule has 10 heteroatoms. The third-order valence-corrected chi connectivity index (χ3v) is 6.92. The highest BCUT2D eigenvalue weighted by atomic mass is 16.4. The highest BCUT2D eigenvalue weighted by molar-refractivity contribution is 5.90. The average molecular weight is 549 g/mol. The minimum absolute atomic E-state index is 0.378. The molecule has 0 saturated heterocycles. The SMILES string of the molecule is CCCCCCCCCCCCCCCCCCNC(=O)[C@@H](NC(=O)[C@H](O)[C@@H](O)[C@H](O)[C@H](O)CO)[C@@H](C)O. The van der Waals surface area contributed by atoms with Gasteiger partial charge in [0, 0.05) is 6.54 Å². The largest absolute Gasteiger partial charge is 0.394 e. The molecule has 10 nitrogen and oxygen atoms in total. The molecule has 8 N–H and O–H groups in total. The first-order valence-electron chi connectivity index (χ1n) is 14.8. The first-order valence-corrected chi connectivity index (χ1v) is 14.8. The van der Waals surface area contributed by atoms with Crippen LogP contribution in [0.4, 0.5) is 0 Å². The van der Waals surface area contributed by atoms with Crippen LogP contribution in [-0.4, -0.2) is 92.2 Å². The van der Waals surface area contributed by atoms with E-state index in [4.69, 9.17) is 5.11 Å². The lowest BCUT2D eigenvalue weighted by Gasteiger charge is -2.27. The lowest BCUT2D eigenvalue weighted by Crippen LogP contribution is -2.58. The van der Waals surface area contributed by atoms with Crippen molar-refractivity contribution in [1.82, 2.24) is 10.6 Å². The molecule has 0 bridgehead atoms. The summed E-state index contributed by atoms with van der Waals surface area (Å²) in [7, 11) is 0. The Kier molecular flexibility index (Phi) is 22.8. The van der Waals surface area contributed by atoms with Gasteiger partial charge in [0.2, 0.25) is 5.91 Å². The number of unbranched alkanes of at least 4 members (excludes halogenated alkanes) is 15. The third-order valence-electron chi connectivity index (χ3n) is 6.92. The molecule has 0 saturated carbocycles. The molecule has 0 aromatic rings. The number of nitrogens with one attached hydrogen (secondary N) is 2. The van der Waals surface area contributed by atoms with Crippen LogP contribution in [0.5, 0.6) is 0 Å². The van der Waals surface area contributed by atoms with Crippen molar-refractivity contribution in [1.29, 1.82) is 0 Å². The molecule has 0 aliphatic heterocycles. The van der Waals surface area contributed by atoms with Crippen LogP contribution in [-0.2, 0) is 9.59 Å². The van der Waals surface area contributed by atoms with Crippen LogP contribution < -0.4 is 10.6 Å². The molecule has 0 unspecified atom stereocenters. The highest BCUT2D eigenvalue weighted by Gasteiger charge is 2.36. The second-order valence-corrected chi connectivity index (χ2v) is 10.5. The second kappa shape index (κ2) is 23.6. The first-order chi connectivity index (χ1) is 18.2. The van der Waals surface area contributed by atoms with Gasteiger partial charge in [0.05, 0.1) is 12.7 Å². The summed E-state index contributed by atoms with van der Waals surface area (Å²) in [5, 5.41) is 62.2. The molecule has 0 aromatic heterocycles. The van der Waals surface area contributed by atoms with E-state index in [0.717, 1.165) is 25.7 Å². The predicted octanol–water partition coefficient (Wildman–Crippen LogP) is 1.67. The zero-order valence-corrected chi connectivity index (χ0v) is 23.7. The zero-order chi connectivity index (χ0) is 28.8. The van der Waals surface area contributed by atoms with Gasteiger partial charge in [0.1, 0.15) is 24.4 Å². The number of rotatable bonds is 25. The standard InChI is InChI=1S/C28H56N2O8/c1-3-4-5-6-7-8-9-10-11-12-13-14-15-16-17-18-19-29-27(37)23(21(2)32)30-28(38)26(36)25(35)24(34)22(33)20-31/h21-26,31-36H,3-20H2,1-2H3,(H,29,37)(H,30,38)/t21-,22-,23+,24-,25+,26-/m1/s1. The summed E-state index contributed by atoms with van der Waals surface area (Å²) in [6, 6.07) is -1.37. The molecule has 0 rings (SSSR count). The van der Waals surface area contributed by atoms with Crippen molar-refractivity contribution in [2.75, 3.05) is 13.2 Å². The molecule has 0 radical (unpaired) electrons. The van der Waals surface area contributed by atoms with Crippen LogP contribution in [0.2, 0.25) is 0 Å². The molecule has 0 aromatic carbocycles. The Morgan fingerprint density at radius 1 is 0.632 bits per heavy atom. The number of hydrogen-bond acceptors (Lipinski definition) is 8. The lowest BCUT2D eigenvalue weighted by molar-refractivity contribution is -0.151. The van der Waals surface area contributed by atoms with Gasteiger partial charge in [-0.05, 0) is 13.3 Å². The van der Waals surface area contributed by atoms with E-state index in [-0.39, 0.29) is 0 Å². The zero-order valence-electron chi connectivity index (χ0n) is 23.7. The summed E-state index contributed by atoms with van der Waals surface area (Å²) >= 11 is 0. The minimum atomic E-state index is -2.18. The van der Waals surface area contributed by atoms with Crippen LogP contribution in [0.3, 0.4) is 0 Å². The Hall–Kier alpha value is -1.30. The second-order valence-electron chi connectivity index (χ2n) is 10.5. The van der Waals surface area contributed by atoms with Crippen LogP contribution >= 0.6 is 0 Å². The van der Waals surface area contributed by atoms with E-state index in [1.807, 2.05) is 0 Å². The maximum atomic E-state index is 12.4. The lowest BCUT2D eigenvalue weighted by atomic mass is 10.0. The Morgan fingerprint density at radius 3 is 1.45 bits per heavy atom. The Balaban J connectivity index is 3.94. The average Bonchev–Trinajstić information content (AvgIpc) is 2.91. The number of carbonyl (C=O) groups is 2. The fraction of sp³-hybridized carbons (Fsp3) is 0.929. The van der Waals surface area contributed by atoms with E-state index in [1.54, 1.807) is 0 Å². The first kappa shape index (κ1) is 36.7. The number of carbonyl (C=O) groups excluding carboxylic acids is 2. The van der Waals surface area contributed by atoms with E-state index in [1.165, 1.54) is 84.0 Å². The molecule has 0 fully saturated rings. The minimum Gasteiger partial charge on any atom is -0.394 e. The van der Waals surface area contributed by atoms with Gasteiger partial charge < -0.3 is 41.3 Å². The summed E-state index contributed by atoms with van der Waals surface area (Å²) in [6.45, 7) is 3.04. The van der Waals surface area contributed by atoms with Gasteiger partial charge in [-0.15, -0.1) is 0 Å². The van der Waals surface area contributed by atoms with Crippen LogP contribution in [0.1, 0.15) is 117 Å². The van der Waals surface area contributed by atoms with Crippen molar-refractivity contribution in [3.63, 3.8) is 0 Å². The molecular weight excluding hydrogens is 492 g/mol. The molecule has 2 amide bonds. The highest BCUT2D eigenvalue weighted by Crippen LogP contribution is 2.13. The molecule has 6 atom stereocenters. The van der Waals surface area contributed by atoms with Crippen molar-refractivity contribution in [3.8, 4) is 0 Å². The molecule has 0 spiro atoms. The van der Waals surface area contributed by atoms with Crippen LogP contribution in [0.25, 0.3) is 0 Å². The molecule has 38 heavy (non-hydrogen) atoms. The van der Waals surface area contributed by atoms with Gasteiger partial charge >= 0.3 is 0 Å². The predicted molar refractivity (Wildman–Crippen MR) is 147 cm³/mol. The van der Waals surface area contributed by atoms with E-state index in [2.05, 4.69) is 17.6 Å². The van der Waals surface area contributed by atoms with E-state index >= 15 is 0 Å². The maximum Gasteiger partial charge on any atom is 0.252 e. The summed E-state index contributed by atoms with van der Waals surface area (Å²) in [6.07, 6.45) is 10.7. The molecule has 0 heterocycles. The monoisotopic (exact) mass is 548 g/mol. The van der Waals surface area contributed by atoms with Crippen molar-refractivity contribution >= 4 is 11.8 Å². The summed E-state index contributed by atoms with van der Waals surface area (Å²) < 4.78 is 0. The fourth-order valence-corrected chi connectivity index (χ4v) is 4.32. The molecular formula is C28H56N2O8.